The summed E-state index contributed by atoms with van der Waals surface area (Å²) in [7, 11) is 0. The zero-order chi connectivity index (χ0) is 12.3. The second-order valence-corrected chi connectivity index (χ2v) is 5.20. The molecule has 2 rings (SSSR count). The van der Waals surface area contributed by atoms with Crippen molar-refractivity contribution in [2.24, 2.45) is 0 Å². The van der Waals surface area contributed by atoms with Gasteiger partial charge >= 0.3 is 0 Å². The summed E-state index contributed by atoms with van der Waals surface area (Å²) >= 11 is 6.31. The van der Waals surface area contributed by atoms with Crippen molar-refractivity contribution in [2.45, 2.75) is 45.3 Å². The maximum Gasteiger partial charge on any atom is 0.0702 e. The van der Waals surface area contributed by atoms with Gasteiger partial charge in [0.15, 0.2) is 0 Å². The van der Waals surface area contributed by atoms with Gasteiger partial charge in [0.25, 0.3) is 0 Å². The second kappa shape index (κ2) is 5.74. The molecule has 94 valence electrons. The first-order valence-electron chi connectivity index (χ1n) is 6.39. The summed E-state index contributed by atoms with van der Waals surface area (Å²) in [6, 6.07) is 6.27. The van der Waals surface area contributed by atoms with Crippen molar-refractivity contribution >= 4 is 17.3 Å². The fourth-order valence-electron chi connectivity index (χ4n) is 2.62. The van der Waals surface area contributed by atoms with E-state index in [1.165, 1.54) is 25.7 Å². The van der Waals surface area contributed by atoms with Gasteiger partial charge < -0.3 is 10.0 Å². The summed E-state index contributed by atoms with van der Waals surface area (Å²) in [4.78, 5) is 2.36. The largest absolute Gasteiger partial charge is 0.392 e. The number of hydrogen-bond acceptors (Lipinski definition) is 2. The number of aliphatic hydroxyl groups excluding tert-OH is 1. The van der Waals surface area contributed by atoms with E-state index in [1.54, 1.807) is 0 Å². The molecule has 17 heavy (non-hydrogen) atoms. The monoisotopic (exact) mass is 253 g/mol. The molecule has 1 fully saturated rings. The van der Waals surface area contributed by atoms with Crippen molar-refractivity contribution in [1.29, 1.82) is 0 Å². The van der Waals surface area contributed by atoms with Crippen molar-refractivity contribution in [1.82, 2.24) is 0 Å². The van der Waals surface area contributed by atoms with Crippen LogP contribution in [0.2, 0.25) is 5.02 Å². The highest BCUT2D eigenvalue weighted by molar-refractivity contribution is 6.33. The molecule has 1 saturated heterocycles. The lowest BCUT2D eigenvalue weighted by Gasteiger charge is -2.32. The van der Waals surface area contributed by atoms with E-state index in [0.29, 0.717) is 6.04 Å². The van der Waals surface area contributed by atoms with E-state index in [0.717, 1.165) is 22.8 Å². The molecule has 0 aromatic heterocycles. The maximum atomic E-state index is 9.44. The Labute approximate surface area is 108 Å². The molecule has 0 saturated carbocycles. The lowest BCUT2D eigenvalue weighted by atomic mass is 10.1. The molecule has 1 aliphatic heterocycles. The van der Waals surface area contributed by atoms with Gasteiger partial charge in [0.2, 0.25) is 0 Å². The van der Waals surface area contributed by atoms with Gasteiger partial charge in [-0.05, 0) is 25.8 Å². The van der Waals surface area contributed by atoms with Crippen LogP contribution in [0.15, 0.2) is 18.2 Å². The van der Waals surface area contributed by atoms with Crippen molar-refractivity contribution in [3.05, 3.63) is 28.8 Å². The summed E-state index contributed by atoms with van der Waals surface area (Å²) in [5.41, 5.74) is 1.97. The topological polar surface area (TPSA) is 23.5 Å². The van der Waals surface area contributed by atoms with Crippen LogP contribution in [-0.2, 0) is 6.61 Å². The number of aliphatic hydroxyl groups is 1. The van der Waals surface area contributed by atoms with Gasteiger partial charge in [-0.25, -0.2) is 0 Å². The highest BCUT2D eigenvalue weighted by Crippen LogP contribution is 2.33. The molecule has 1 N–H and O–H groups in total. The summed E-state index contributed by atoms with van der Waals surface area (Å²) in [6.45, 7) is 3.34. The third kappa shape index (κ3) is 2.75. The van der Waals surface area contributed by atoms with Gasteiger partial charge in [0.05, 0.1) is 17.3 Å². The number of hydrogen-bond donors (Lipinski definition) is 1. The minimum Gasteiger partial charge on any atom is -0.392 e. The van der Waals surface area contributed by atoms with Crippen LogP contribution in [0.25, 0.3) is 0 Å². The molecule has 1 aromatic rings. The van der Waals surface area contributed by atoms with Gasteiger partial charge in [-0.3, -0.25) is 0 Å². The number of halogens is 1. The average molecular weight is 254 g/mol. The Morgan fingerprint density at radius 2 is 2.18 bits per heavy atom. The predicted molar refractivity (Wildman–Crippen MR) is 72.7 cm³/mol. The Kier molecular flexibility index (Phi) is 4.30. The minimum atomic E-state index is 0.0547. The van der Waals surface area contributed by atoms with Crippen LogP contribution in [0, 0.1) is 0 Å². The first-order chi connectivity index (χ1) is 8.24. The van der Waals surface area contributed by atoms with E-state index in [2.05, 4.69) is 11.8 Å². The van der Waals surface area contributed by atoms with Crippen LogP contribution in [0.4, 0.5) is 5.69 Å². The number of rotatable bonds is 2. The molecule has 3 heteroatoms. The fourth-order valence-corrected chi connectivity index (χ4v) is 2.92. The third-order valence-corrected chi connectivity index (χ3v) is 3.89. The Balaban J connectivity index is 2.36. The number of anilines is 1. The molecule has 0 amide bonds. The van der Waals surface area contributed by atoms with Crippen LogP contribution >= 0.6 is 11.6 Å². The quantitative estimate of drug-likeness (QED) is 0.871. The Morgan fingerprint density at radius 1 is 1.35 bits per heavy atom. The van der Waals surface area contributed by atoms with Gasteiger partial charge in [-0.1, -0.05) is 36.6 Å². The SMILES string of the molecule is CC1CCCCCN1c1c(Cl)cccc1CO. The summed E-state index contributed by atoms with van der Waals surface area (Å²) in [5.74, 6) is 0. The number of para-hydroxylation sites is 1. The molecule has 1 heterocycles. The minimum absolute atomic E-state index is 0.0547. The zero-order valence-electron chi connectivity index (χ0n) is 10.3. The van der Waals surface area contributed by atoms with Gasteiger partial charge in [0.1, 0.15) is 0 Å². The predicted octanol–water partition coefficient (Wildman–Crippen LogP) is 3.60. The molecule has 2 nitrogen and oxygen atoms in total. The Bertz CT molecular complexity index is 380. The maximum absolute atomic E-state index is 9.44. The van der Waals surface area contributed by atoms with Crippen LogP contribution in [0.3, 0.4) is 0 Å². The Hall–Kier alpha value is -0.730. The van der Waals surface area contributed by atoms with E-state index < -0.39 is 0 Å². The molecule has 1 unspecified atom stereocenters. The molecular formula is C14H20ClNO. The highest BCUT2D eigenvalue weighted by Gasteiger charge is 2.21. The molecule has 0 spiro atoms. The first kappa shape index (κ1) is 12.7. The number of nitrogens with zero attached hydrogens (tertiary/aromatic N) is 1. The van der Waals surface area contributed by atoms with Gasteiger partial charge in [0, 0.05) is 18.2 Å². The van der Waals surface area contributed by atoms with Crippen molar-refractivity contribution in [3.63, 3.8) is 0 Å². The summed E-state index contributed by atoms with van der Waals surface area (Å²) in [6.07, 6.45) is 4.99. The van der Waals surface area contributed by atoms with E-state index in [1.807, 2.05) is 18.2 Å². The van der Waals surface area contributed by atoms with Crippen LogP contribution < -0.4 is 4.90 Å². The summed E-state index contributed by atoms with van der Waals surface area (Å²) < 4.78 is 0. The second-order valence-electron chi connectivity index (χ2n) is 4.80. The third-order valence-electron chi connectivity index (χ3n) is 3.58. The normalized spacial score (nSPS) is 21.4. The highest BCUT2D eigenvalue weighted by atomic mass is 35.5. The molecule has 0 radical (unpaired) electrons. The van der Waals surface area contributed by atoms with Crippen molar-refractivity contribution in [3.8, 4) is 0 Å². The van der Waals surface area contributed by atoms with E-state index in [4.69, 9.17) is 11.6 Å². The first-order valence-corrected chi connectivity index (χ1v) is 6.76. The van der Waals surface area contributed by atoms with E-state index in [-0.39, 0.29) is 6.61 Å². The molecule has 1 aliphatic rings. The molecule has 0 bridgehead atoms. The zero-order valence-corrected chi connectivity index (χ0v) is 11.1. The summed E-state index contributed by atoms with van der Waals surface area (Å²) in [5, 5.41) is 10.2. The standard InChI is InChI=1S/C14H20ClNO/c1-11-6-3-2-4-9-16(11)14-12(10-17)7-5-8-13(14)15/h5,7-8,11,17H,2-4,6,9-10H2,1H3. The van der Waals surface area contributed by atoms with Crippen LogP contribution in [-0.4, -0.2) is 17.7 Å². The molecule has 1 atom stereocenters. The van der Waals surface area contributed by atoms with E-state index in [9.17, 15) is 5.11 Å². The molecule has 1 aromatic carbocycles. The van der Waals surface area contributed by atoms with Gasteiger partial charge in [-0.15, -0.1) is 0 Å². The van der Waals surface area contributed by atoms with Crippen LogP contribution in [0.5, 0.6) is 0 Å². The smallest absolute Gasteiger partial charge is 0.0702 e. The van der Waals surface area contributed by atoms with Crippen molar-refractivity contribution in [2.75, 3.05) is 11.4 Å². The lowest BCUT2D eigenvalue weighted by Crippen LogP contribution is -2.33. The Morgan fingerprint density at radius 3 is 2.94 bits per heavy atom. The molecule has 0 aliphatic carbocycles. The lowest BCUT2D eigenvalue weighted by molar-refractivity contribution is 0.282. The number of benzene rings is 1. The van der Waals surface area contributed by atoms with Gasteiger partial charge in [-0.2, -0.15) is 0 Å². The van der Waals surface area contributed by atoms with E-state index >= 15 is 0 Å². The van der Waals surface area contributed by atoms with Crippen LogP contribution in [0.1, 0.15) is 38.2 Å². The fraction of sp³-hybridized carbons (Fsp3) is 0.571. The average Bonchev–Trinajstić information content (AvgIpc) is 2.54. The molecular weight excluding hydrogens is 234 g/mol. The van der Waals surface area contributed by atoms with Crippen molar-refractivity contribution < 1.29 is 5.11 Å².